The molecule has 3 aromatic rings. The standard InChI is InChI=1S/C25H28FN5O3/c26-14-15-27-24(32)19-8-12-21(13-9-19)31-22(23(29-30-31)25(33)28-20-10-11-20)7-4-16-34-17-18-5-2-1-3-6-18/h1-3,5-6,8-9,12-13,20H,4,7,10-11,14-17H2,(H,27,32)(H,28,33). The summed E-state index contributed by atoms with van der Waals surface area (Å²) in [5, 5.41) is 13.8. The van der Waals surface area contributed by atoms with Gasteiger partial charge >= 0.3 is 0 Å². The van der Waals surface area contributed by atoms with Crippen molar-refractivity contribution >= 4 is 11.8 Å². The van der Waals surface area contributed by atoms with Crippen LogP contribution < -0.4 is 10.6 Å². The van der Waals surface area contributed by atoms with Crippen LogP contribution in [0.2, 0.25) is 0 Å². The van der Waals surface area contributed by atoms with Crippen LogP contribution in [0.15, 0.2) is 54.6 Å². The molecule has 2 aromatic carbocycles. The lowest BCUT2D eigenvalue weighted by Gasteiger charge is -2.10. The lowest BCUT2D eigenvalue weighted by molar-refractivity contribution is 0.0938. The molecule has 0 aliphatic heterocycles. The van der Waals surface area contributed by atoms with Crippen LogP contribution in [-0.2, 0) is 17.8 Å². The number of carbonyl (C=O) groups is 2. The molecule has 178 valence electrons. The molecule has 4 rings (SSSR count). The summed E-state index contributed by atoms with van der Waals surface area (Å²) < 4.78 is 19.7. The van der Waals surface area contributed by atoms with Gasteiger partial charge in [0, 0.05) is 24.8 Å². The average molecular weight is 466 g/mol. The molecule has 0 spiro atoms. The number of nitrogens with one attached hydrogen (secondary N) is 2. The Hall–Kier alpha value is -3.59. The third kappa shape index (κ3) is 6.26. The first-order valence-electron chi connectivity index (χ1n) is 11.5. The van der Waals surface area contributed by atoms with Gasteiger partial charge in [-0.05, 0) is 55.5 Å². The summed E-state index contributed by atoms with van der Waals surface area (Å²) in [4.78, 5) is 24.8. The van der Waals surface area contributed by atoms with Crippen LogP contribution in [-0.4, -0.2) is 52.7 Å². The Morgan fingerprint density at radius 3 is 2.53 bits per heavy atom. The van der Waals surface area contributed by atoms with Crippen molar-refractivity contribution < 1.29 is 18.7 Å². The van der Waals surface area contributed by atoms with E-state index in [0.29, 0.717) is 48.7 Å². The zero-order valence-electron chi connectivity index (χ0n) is 18.9. The van der Waals surface area contributed by atoms with Gasteiger partial charge in [0.05, 0.1) is 18.0 Å². The van der Waals surface area contributed by atoms with E-state index in [9.17, 15) is 14.0 Å². The number of carbonyl (C=O) groups excluding carboxylic acids is 2. The highest BCUT2D eigenvalue weighted by Gasteiger charge is 2.27. The Morgan fingerprint density at radius 2 is 1.82 bits per heavy atom. The molecule has 0 bridgehead atoms. The summed E-state index contributed by atoms with van der Waals surface area (Å²) in [6.45, 7) is 0.406. The fourth-order valence-corrected chi connectivity index (χ4v) is 3.51. The highest BCUT2D eigenvalue weighted by molar-refractivity contribution is 5.94. The molecule has 8 nitrogen and oxygen atoms in total. The van der Waals surface area contributed by atoms with Crippen molar-refractivity contribution in [2.45, 2.75) is 38.3 Å². The quantitative estimate of drug-likeness (QED) is 0.401. The highest BCUT2D eigenvalue weighted by Crippen LogP contribution is 2.21. The molecule has 1 fully saturated rings. The zero-order valence-corrected chi connectivity index (χ0v) is 18.9. The molecule has 1 heterocycles. The molecule has 0 unspecified atom stereocenters. The number of aromatic nitrogens is 3. The lowest BCUT2D eigenvalue weighted by Crippen LogP contribution is -2.27. The number of halogens is 1. The first-order valence-corrected chi connectivity index (χ1v) is 11.5. The predicted molar refractivity (Wildman–Crippen MR) is 125 cm³/mol. The van der Waals surface area contributed by atoms with Crippen LogP contribution in [0.1, 0.15) is 51.4 Å². The number of hydrogen-bond acceptors (Lipinski definition) is 5. The van der Waals surface area contributed by atoms with Crippen molar-refractivity contribution in [3.05, 3.63) is 77.1 Å². The number of nitrogens with zero attached hydrogens (tertiary/aromatic N) is 3. The second-order valence-corrected chi connectivity index (χ2v) is 8.18. The Balaban J connectivity index is 1.45. The van der Waals surface area contributed by atoms with E-state index in [2.05, 4.69) is 20.9 Å². The van der Waals surface area contributed by atoms with Gasteiger partial charge in [-0.15, -0.1) is 5.10 Å². The van der Waals surface area contributed by atoms with E-state index in [1.807, 2.05) is 30.3 Å². The van der Waals surface area contributed by atoms with Crippen molar-refractivity contribution in [2.24, 2.45) is 0 Å². The van der Waals surface area contributed by atoms with E-state index < -0.39 is 6.67 Å². The Bertz CT molecular complexity index is 1100. The van der Waals surface area contributed by atoms with Gasteiger partial charge in [-0.3, -0.25) is 9.59 Å². The first-order chi connectivity index (χ1) is 16.7. The molecule has 2 N–H and O–H groups in total. The fourth-order valence-electron chi connectivity index (χ4n) is 3.51. The number of rotatable bonds is 12. The summed E-state index contributed by atoms with van der Waals surface area (Å²) in [6, 6.07) is 16.9. The molecule has 1 aromatic heterocycles. The number of ether oxygens (including phenoxy) is 1. The van der Waals surface area contributed by atoms with E-state index in [1.54, 1.807) is 28.9 Å². The number of benzene rings is 2. The SMILES string of the molecule is O=C(NCCF)c1ccc(-n2nnc(C(=O)NC3CC3)c2CCCOCc2ccccc2)cc1. The van der Waals surface area contributed by atoms with Crippen molar-refractivity contribution in [2.75, 3.05) is 19.8 Å². The largest absolute Gasteiger partial charge is 0.377 e. The van der Waals surface area contributed by atoms with Crippen molar-refractivity contribution in [1.82, 2.24) is 25.6 Å². The second kappa shape index (κ2) is 11.5. The summed E-state index contributed by atoms with van der Waals surface area (Å²) in [5.74, 6) is -0.570. The molecule has 9 heteroatoms. The van der Waals surface area contributed by atoms with Crippen LogP contribution >= 0.6 is 0 Å². The summed E-state index contributed by atoms with van der Waals surface area (Å²) >= 11 is 0. The zero-order chi connectivity index (χ0) is 23.8. The molecule has 0 atom stereocenters. The Morgan fingerprint density at radius 1 is 1.06 bits per heavy atom. The van der Waals surface area contributed by atoms with Gasteiger partial charge in [-0.25, -0.2) is 9.07 Å². The van der Waals surface area contributed by atoms with E-state index >= 15 is 0 Å². The van der Waals surface area contributed by atoms with Gasteiger partial charge in [0.15, 0.2) is 5.69 Å². The summed E-state index contributed by atoms with van der Waals surface area (Å²) in [5.41, 5.74) is 3.20. The molecular formula is C25H28FN5O3. The van der Waals surface area contributed by atoms with Gasteiger partial charge in [0.2, 0.25) is 0 Å². The molecule has 1 aliphatic carbocycles. The average Bonchev–Trinajstić information content (AvgIpc) is 3.58. The monoisotopic (exact) mass is 465 g/mol. The van der Waals surface area contributed by atoms with Crippen LogP contribution in [0, 0.1) is 0 Å². The third-order valence-electron chi connectivity index (χ3n) is 5.46. The molecule has 2 amide bonds. The number of amides is 2. The van der Waals surface area contributed by atoms with Crippen LogP contribution in [0.4, 0.5) is 4.39 Å². The summed E-state index contributed by atoms with van der Waals surface area (Å²) in [6.07, 6.45) is 3.20. The van der Waals surface area contributed by atoms with Crippen molar-refractivity contribution in [3.8, 4) is 5.69 Å². The Kier molecular flexibility index (Phi) is 7.98. The maximum absolute atomic E-state index is 12.7. The maximum atomic E-state index is 12.7. The summed E-state index contributed by atoms with van der Waals surface area (Å²) in [7, 11) is 0. The smallest absolute Gasteiger partial charge is 0.273 e. The molecule has 1 aliphatic rings. The third-order valence-corrected chi connectivity index (χ3v) is 5.46. The predicted octanol–water partition coefficient (Wildman–Crippen LogP) is 3.01. The molecular weight excluding hydrogens is 437 g/mol. The van der Waals surface area contributed by atoms with Gasteiger partial charge in [0.1, 0.15) is 6.67 Å². The minimum Gasteiger partial charge on any atom is -0.377 e. The normalized spacial score (nSPS) is 13.0. The second-order valence-electron chi connectivity index (χ2n) is 8.18. The van der Waals surface area contributed by atoms with Crippen LogP contribution in [0.5, 0.6) is 0 Å². The minimum absolute atomic E-state index is 0.0282. The van der Waals surface area contributed by atoms with Gasteiger partial charge in [0.25, 0.3) is 11.8 Å². The van der Waals surface area contributed by atoms with Crippen molar-refractivity contribution in [1.29, 1.82) is 0 Å². The highest BCUT2D eigenvalue weighted by atomic mass is 19.1. The van der Waals surface area contributed by atoms with Crippen LogP contribution in [0.25, 0.3) is 5.69 Å². The lowest BCUT2D eigenvalue weighted by atomic mass is 10.1. The maximum Gasteiger partial charge on any atom is 0.273 e. The van der Waals surface area contributed by atoms with Gasteiger partial charge in [-0.2, -0.15) is 0 Å². The minimum atomic E-state index is -0.618. The van der Waals surface area contributed by atoms with Gasteiger partial charge in [-0.1, -0.05) is 35.5 Å². The van der Waals surface area contributed by atoms with Crippen LogP contribution in [0.3, 0.4) is 0 Å². The number of hydrogen-bond donors (Lipinski definition) is 2. The first kappa shape index (κ1) is 23.6. The van der Waals surface area contributed by atoms with E-state index in [-0.39, 0.29) is 24.4 Å². The van der Waals surface area contributed by atoms with E-state index in [1.165, 1.54) is 0 Å². The van der Waals surface area contributed by atoms with E-state index in [4.69, 9.17) is 4.74 Å². The topological polar surface area (TPSA) is 98.1 Å². The molecule has 0 radical (unpaired) electrons. The molecule has 0 saturated heterocycles. The molecule has 34 heavy (non-hydrogen) atoms. The Labute approximate surface area is 197 Å². The number of alkyl halides is 1. The molecule has 1 saturated carbocycles. The van der Waals surface area contributed by atoms with E-state index in [0.717, 1.165) is 18.4 Å². The van der Waals surface area contributed by atoms with Crippen molar-refractivity contribution in [3.63, 3.8) is 0 Å². The van der Waals surface area contributed by atoms with Gasteiger partial charge < -0.3 is 15.4 Å². The fraction of sp³-hybridized carbons (Fsp3) is 0.360.